The van der Waals surface area contributed by atoms with Crippen LogP contribution in [0, 0.1) is 0 Å². The van der Waals surface area contributed by atoms with Gasteiger partial charge in [0.15, 0.2) is 0 Å². The van der Waals surface area contributed by atoms with E-state index in [9.17, 15) is 9.90 Å². The molecule has 3 aromatic rings. The van der Waals surface area contributed by atoms with Gasteiger partial charge in [-0.1, -0.05) is 65.8 Å². The SMILES string of the molecule is CC(C)(C)c1cc(/C=N/NC(=O)c2[nH]nc3c2CCc2ccccc2-3)cc(C(C)(C)C)c1O. The van der Waals surface area contributed by atoms with Crippen LogP contribution in [0.1, 0.15) is 79.8 Å². The number of nitrogens with one attached hydrogen (secondary N) is 2. The van der Waals surface area contributed by atoms with Gasteiger partial charge in [-0.05, 0) is 46.9 Å². The predicted molar refractivity (Wildman–Crippen MR) is 132 cm³/mol. The van der Waals surface area contributed by atoms with Gasteiger partial charge in [0.1, 0.15) is 11.4 Å². The molecule has 172 valence electrons. The predicted octanol–water partition coefficient (Wildman–Crippen LogP) is 5.24. The van der Waals surface area contributed by atoms with Crippen LogP contribution in [0.2, 0.25) is 0 Å². The quantitative estimate of drug-likeness (QED) is 0.381. The molecule has 0 radical (unpaired) electrons. The lowest BCUT2D eigenvalue weighted by Gasteiger charge is -2.27. The average Bonchev–Trinajstić information content (AvgIpc) is 3.18. The van der Waals surface area contributed by atoms with Gasteiger partial charge in [0.2, 0.25) is 0 Å². The minimum atomic E-state index is -0.315. The van der Waals surface area contributed by atoms with Crippen molar-refractivity contribution in [2.24, 2.45) is 5.10 Å². The summed E-state index contributed by atoms with van der Waals surface area (Å²) in [5.41, 5.74) is 9.24. The van der Waals surface area contributed by atoms with Crippen LogP contribution >= 0.6 is 0 Å². The van der Waals surface area contributed by atoms with Gasteiger partial charge in [0, 0.05) is 22.3 Å². The number of aromatic amines is 1. The summed E-state index contributed by atoms with van der Waals surface area (Å²) >= 11 is 0. The van der Waals surface area contributed by atoms with E-state index in [0.29, 0.717) is 11.4 Å². The molecule has 6 nitrogen and oxygen atoms in total. The second kappa shape index (κ2) is 8.18. The summed E-state index contributed by atoms with van der Waals surface area (Å²) in [6.45, 7) is 12.4. The third kappa shape index (κ3) is 4.42. The molecule has 1 heterocycles. The summed E-state index contributed by atoms with van der Waals surface area (Å²) in [6.07, 6.45) is 3.27. The Balaban J connectivity index is 1.59. The number of carbonyl (C=O) groups is 1. The number of nitrogens with zero attached hydrogens (tertiary/aromatic N) is 2. The van der Waals surface area contributed by atoms with Crippen LogP contribution in [0.4, 0.5) is 0 Å². The number of aryl methyl sites for hydroxylation is 1. The Morgan fingerprint density at radius 1 is 1.06 bits per heavy atom. The molecule has 3 N–H and O–H groups in total. The van der Waals surface area contributed by atoms with Gasteiger partial charge in [-0.25, -0.2) is 5.43 Å². The van der Waals surface area contributed by atoms with Gasteiger partial charge < -0.3 is 5.11 Å². The number of phenolic OH excluding ortho intramolecular Hbond substituents is 1. The van der Waals surface area contributed by atoms with Crippen molar-refractivity contribution in [2.75, 3.05) is 0 Å². The van der Waals surface area contributed by atoms with E-state index in [2.05, 4.69) is 68.3 Å². The molecular weight excluding hydrogens is 412 g/mol. The first kappa shape index (κ1) is 22.8. The minimum Gasteiger partial charge on any atom is -0.507 e. The maximum atomic E-state index is 12.9. The van der Waals surface area contributed by atoms with E-state index in [1.165, 1.54) is 5.56 Å². The molecule has 0 atom stereocenters. The zero-order chi connectivity index (χ0) is 24.0. The molecule has 0 saturated heterocycles. The number of hydrogen-bond acceptors (Lipinski definition) is 4. The van der Waals surface area contributed by atoms with Gasteiger partial charge >= 0.3 is 0 Å². The molecule has 2 aromatic carbocycles. The van der Waals surface area contributed by atoms with Gasteiger partial charge in [-0.3, -0.25) is 9.89 Å². The molecule has 0 fully saturated rings. The van der Waals surface area contributed by atoms with Crippen molar-refractivity contribution in [3.63, 3.8) is 0 Å². The van der Waals surface area contributed by atoms with Crippen LogP contribution in [-0.2, 0) is 23.7 Å². The summed E-state index contributed by atoms with van der Waals surface area (Å²) < 4.78 is 0. The number of hydrazone groups is 1. The fourth-order valence-electron chi connectivity index (χ4n) is 4.34. The first-order valence-corrected chi connectivity index (χ1v) is 11.3. The molecule has 6 heteroatoms. The summed E-state index contributed by atoms with van der Waals surface area (Å²) in [6, 6.07) is 12.0. The Morgan fingerprint density at radius 3 is 2.33 bits per heavy atom. The summed E-state index contributed by atoms with van der Waals surface area (Å²) in [5, 5.41) is 22.4. The fourth-order valence-corrected chi connectivity index (χ4v) is 4.34. The number of phenols is 1. The Bertz CT molecular complexity index is 1200. The second-order valence-corrected chi connectivity index (χ2v) is 10.7. The van der Waals surface area contributed by atoms with Crippen LogP contribution in [-0.4, -0.2) is 27.4 Å². The Hall–Kier alpha value is -3.41. The van der Waals surface area contributed by atoms with E-state index in [4.69, 9.17) is 0 Å². The van der Waals surface area contributed by atoms with Gasteiger partial charge in [0.25, 0.3) is 5.91 Å². The fraction of sp³-hybridized carbons (Fsp3) is 0.370. The monoisotopic (exact) mass is 444 g/mol. The molecule has 1 aromatic heterocycles. The van der Waals surface area contributed by atoms with Gasteiger partial charge in [0.05, 0.1) is 11.9 Å². The molecule has 1 aliphatic carbocycles. The van der Waals surface area contributed by atoms with Crippen molar-refractivity contribution in [3.8, 4) is 17.0 Å². The summed E-state index contributed by atoms with van der Waals surface area (Å²) in [7, 11) is 0. The highest BCUT2D eigenvalue weighted by Gasteiger charge is 2.27. The number of benzene rings is 2. The largest absolute Gasteiger partial charge is 0.507 e. The van der Waals surface area contributed by atoms with E-state index < -0.39 is 0 Å². The average molecular weight is 445 g/mol. The maximum absolute atomic E-state index is 12.9. The standard InChI is InChI=1S/C27H32N4O2/c1-26(2,3)20-13-16(14-21(24(20)32)27(4,5)6)15-28-31-25(33)23-19-12-11-17-9-7-8-10-18(17)22(19)29-30-23/h7-10,13-15,32H,11-12H2,1-6H3,(H,29,30)(H,31,33)/b28-15+. The molecule has 1 amide bonds. The molecule has 0 bridgehead atoms. The number of aromatic hydroxyl groups is 1. The van der Waals surface area contributed by atoms with Crippen LogP contribution in [0.25, 0.3) is 11.3 Å². The maximum Gasteiger partial charge on any atom is 0.289 e. The van der Waals surface area contributed by atoms with Crippen molar-refractivity contribution in [2.45, 2.75) is 65.2 Å². The van der Waals surface area contributed by atoms with Crippen molar-refractivity contribution in [1.82, 2.24) is 15.6 Å². The molecule has 0 unspecified atom stereocenters. The zero-order valence-electron chi connectivity index (χ0n) is 20.2. The van der Waals surface area contributed by atoms with Crippen LogP contribution in [0.15, 0.2) is 41.5 Å². The van der Waals surface area contributed by atoms with Crippen LogP contribution in [0.3, 0.4) is 0 Å². The van der Waals surface area contributed by atoms with Crippen LogP contribution < -0.4 is 5.43 Å². The molecule has 0 spiro atoms. The summed E-state index contributed by atoms with van der Waals surface area (Å²) in [5.74, 6) is 0.00537. The number of hydrogen-bond donors (Lipinski definition) is 3. The van der Waals surface area contributed by atoms with Crippen molar-refractivity contribution < 1.29 is 9.90 Å². The highest BCUT2D eigenvalue weighted by atomic mass is 16.3. The Morgan fingerprint density at radius 2 is 1.70 bits per heavy atom. The highest BCUT2D eigenvalue weighted by molar-refractivity contribution is 5.96. The van der Waals surface area contributed by atoms with Gasteiger partial charge in [-0.15, -0.1) is 0 Å². The molecule has 4 rings (SSSR count). The second-order valence-electron chi connectivity index (χ2n) is 10.7. The molecule has 0 saturated carbocycles. The molecular formula is C27H32N4O2. The van der Waals surface area contributed by atoms with E-state index in [1.807, 2.05) is 30.3 Å². The van der Waals surface area contributed by atoms with Crippen LogP contribution in [0.5, 0.6) is 5.75 Å². The van der Waals surface area contributed by atoms with E-state index in [-0.39, 0.29) is 16.7 Å². The van der Waals surface area contributed by atoms with Crippen molar-refractivity contribution in [3.05, 3.63) is 69.9 Å². The zero-order valence-corrected chi connectivity index (χ0v) is 20.2. The normalized spacial score (nSPS) is 13.6. The number of fused-ring (bicyclic) bond motifs is 3. The highest BCUT2D eigenvalue weighted by Crippen LogP contribution is 2.39. The first-order chi connectivity index (χ1) is 15.5. The first-order valence-electron chi connectivity index (χ1n) is 11.3. The Labute approximate surface area is 195 Å². The number of carbonyl (C=O) groups excluding carboxylic acids is 1. The third-order valence-electron chi connectivity index (χ3n) is 6.14. The van der Waals surface area contributed by atoms with E-state index in [0.717, 1.165) is 46.4 Å². The van der Waals surface area contributed by atoms with Crippen molar-refractivity contribution >= 4 is 12.1 Å². The van der Waals surface area contributed by atoms with E-state index >= 15 is 0 Å². The minimum absolute atomic E-state index is 0.234. The molecule has 0 aliphatic heterocycles. The Kier molecular flexibility index (Phi) is 5.64. The molecule has 1 aliphatic rings. The number of aromatic nitrogens is 2. The lowest BCUT2D eigenvalue weighted by Crippen LogP contribution is -2.21. The molecule has 33 heavy (non-hydrogen) atoms. The number of rotatable bonds is 3. The van der Waals surface area contributed by atoms with Gasteiger partial charge in [-0.2, -0.15) is 10.2 Å². The lowest BCUT2D eigenvalue weighted by atomic mass is 9.78. The third-order valence-corrected chi connectivity index (χ3v) is 6.14. The number of H-pyrrole nitrogens is 1. The van der Waals surface area contributed by atoms with E-state index in [1.54, 1.807) is 6.21 Å². The summed E-state index contributed by atoms with van der Waals surface area (Å²) in [4.78, 5) is 12.9. The smallest absolute Gasteiger partial charge is 0.289 e. The number of amides is 1. The van der Waals surface area contributed by atoms with Crippen molar-refractivity contribution in [1.29, 1.82) is 0 Å². The topological polar surface area (TPSA) is 90.4 Å². The lowest BCUT2D eigenvalue weighted by molar-refractivity contribution is 0.0949.